The summed E-state index contributed by atoms with van der Waals surface area (Å²) in [6.07, 6.45) is 0.739. The molecule has 1 fully saturated rings. The average Bonchev–Trinajstić information content (AvgIpc) is 3.45. The van der Waals surface area contributed by atoms with Crippen molar-refractivity contribution in [3.05, 3.63) is 94.6 Å². The summed E-state index contributed by atoms with van der Waals surface area (Å²) < 4.78 is 11.4. The van der Waals surface area contributed by atoms with E-state index >= 15 is 0 Å². The molecule has 6 nitrogen and oxygen atoms in total. The first-order chi connectivity index (χ1) is 18.0. The first-order valence-electron chi connectivity index (χ1n) is 13.0. The number of anilines is 1. The quantitative estimate of drug-likeness (QED) is 0.246. The maximum atomic E-state index is 13.5. The molecule has 1 saturated heterocycles. The number of Topliss-reactive ketones (excluding diaryl/α,β-unsaturated/α-hetero) is 1. The van der Waals surface area contributed by atoms with Gasteiger partial charge in [-0.2, -0.15) is 0 Å². The van der Waals surface area contributed by atoms with Crippen LogP contribution in [0.4, 0.5) is 5.69 Å². The number of amides is 1. The maximum absolute atomic E-state index is 13.5. The fourth-order valence-corrected chi connectivity index (χ4v) is 5.03. The summed E-state index contributed by atoms with van der Waals surface area (Å²) in [4.78, 5) is 28.5. The fourth-order valence-electron chi connectivity index (χ4n) is 5.03. The Morgan fingerprint density at radius 1 is 1.00 bits per heavy atom. The molecule has 0 saturated carbocycles. The number of carbonyl (C=O) groups is 2. The summed E-state index contributed by atoms with van der Waals surface area (Å²) in [6.45, 7) is 10.8. The average molecular weight is 512 g/mol. The summed E-state index contributed by atoms with van der Waals surface area (Å²) in [5.74, 6) is -0.120. The van der Waals surface area contributed by atoms with Crippen molar-refractivity contribution in [1.29, 1.82) is 0 Å². The second kappa shape index (κ2) is 9.67. The minimum absolute atomic E-state index is 0.0107. The van der Waals surface area contributed by atoms with Crippen molar-refractivity contribution in [1.82, 2.24) is 0 Å². The van der Waals surface area contributed by atoms with E-state index < -0.39 is 17.7 Å². The van der Waals surface area contributed by atoms with E-state index in [0.717, 1.165) is 23.3 Å². The number of rotatable bonds is 5. The summed E-state index contributed by atoms with van der Waals surface area (Å²) in [6, 6.07) is 19.6. The number of nitrogens with zero attached hydrogens (tertiary/aromatic N) is 1. The Kier molecular flexibility index (Phi) is 6.51. The predicted octanol–water partition coefficient (Wildman–Crippen LogP) is 6.33. The number of carbonyl (C=O) groups excluding carboxylic acids is 2. The Bertz CT molecular complexity index is 1410. The smallest absolute Gasteiger partial charge is 0.300 e. The molecule has 5 rings (SSSR count). The van der Waals surface area contributed by atoms with Crippen LogP contribution >= 0.6 is 0 Å². The van der Waals surface area contributed by atoms with E-state index in [2.05, 4.69) is 20.8 Å². The molecule has 1 N–H and O–H groups in total. The zero-order valence-electron chi connectivity index (χ0n) is 22.4. The summed E-state index contributed by atoms with van der Waals surface area (Å²) in [5, 5.41) is 11.5. The zero-order chi connectivity index (χ0) is 27.2. The Morgan fingerprint density at radius 2 is 1.68 bits per heavy atom. The molecular weight excluding hydrogens is 478 g/mol. The second-order valence-electron chi connectivity index (χ2n) is 11.1. The summed E-state index contributed by atoms with van der Waals surface area (Å²) in [7, 11) is 0. The van der Waals surface area contributed by atoms with E-state index in [1.54, 1.807) is 12.1 Å². The molecule has 38 heavy (non-hydrogen) atoms. The van der Waals surface area contributed by atoms with Crippen LogP contribution in [0.3, 0.4) is 0 Å². The zero-order valence-corrected chi connectivity index (χ0v) is 22.4. The Balaban J connectivity index is 1.64. The number of hydrogen-bond acceptors (Lipinski definition) is 5. The van der Waals surface area contributed by atoms with Crippen LogP contribution in [0.15, 0.2) is 72.3 Å². The van der Waals surface area contributed by atoms with E-state index in [9.17, 15) is 14.7 Å². The van der Waals surface area contributed by atoms with Gasteiger partial charge in [0.2, 0.25) is 0 Å². The molecule has 1 atom stereocenters. The van der Waals surface area contributed by atoms with Crippen LogP contribution in [0.1, 0.15) is 62.9 Å². The lowest BCUT2D eigenvalue weighted by Gasteiger charge is -2.27. The van der Waals surface area contributed by atoms with Gasteiger partial charge in [0.25, 0.3) is 11.7 Å². The predicted molar refractivity (Wildman–Crippen MR) is 148 cm³/mol. The molecule has 6 heteroatoms. The molecule has 0 spiro atoms. The van der Waals surface area contributed by atoms with E-state index in [1.807, 2.05) is 68.4 Å². The van der Waals surface area contributed by atoms with Gasteiger partial charge in [0.15, 0.2) is 0 Å². The third kappa shape index (κ3) is 4.67. The third-order valence-corrected chi connectivity index (χ3v) is 6.99. The lowest BCUT2D eigenvalue weighted by atomic mass is 9.87. The van der Waals surface area contributed by atoms with Crippen LogP contribution in [-0.4, -0.2) is 29.5 Å². The minimum atomic E-state index is -0.798. The summed E-state index contributed by atoms with van der Waals surface area (Å²) in [5.41, 5.74) is 3.86. The van der Waals surface area contributed by atoms with Crippen LogP contribution < -0.4 is 14.4 Å². The molecule has 0 aromatic heterocycles. The molecule has 0 aliphatic carbocycles. The van der Waals surface area contributed by atoms with Crippen LogP contribution in [0.25, 0.3) is 5.76 Å². The highest BCUT2D eigenvalue weighted by molar-refractivity contribution is 6.51. The Hall–Kier alpha value is -4.06. The standard InChI is InChI=1S/C32H33NO5/c1-19(2)38-25-13-6-20(7-14-25)28-27(29(34)22-8-15-26-21(18-22)16-17-37-26)30(35)31(36)33(28)24-11-9-23(10-12-24)32(3,4)5/h6-15,18-19,28,34H,16-17H2,1-5H3/b29-27-. The number of ether oxygens (including phenoxy) is 2. The van der Waals surface area contributed by atoms with Crippen LogP contribution in [-0.2, 0) is 21.4 Å². The highest BCUT2D eigenvalue weighted by atomic mass is 16.5. The SMILES string of the molecule is CC(C)Oc1ccc(C2/C(=C(/O)c3ccc4c(c3)CCO4)C(=O)C(=O)N2c2ccc(C(C)(C)C)cc2)cc1. The van der Waals surface area contributed by atoms with Crippen molar-refractivity contribution < 1.29 is 24.2 Å². The highest BCUT2D eigenvalue weighted by Gasteiger charge is 2.47. The van der Waals surface area contributed by atoms with Crippen molar-refractivity contribution in [2.24, 2.45) is 0 Å². The van der Waals surface area contributed by atoms with E-state index in [1.165, 1.54) is 4.90 Å². The fraction of sp³-hybridized carbons (Fsp3) is 0.312. The lowest BCUT2D eigenvalue weighted by molar-refractivity contribution is -0.132. The largest absolute Gasteiger partial charge is 0.507 e. The molecule has 2 heterocycles. The van der Waals surface area contributed by atoms with Gasteiger partial charge < -0.3 is 14.6 Å². The van der Waals surface area contributed by atoms with E-state index in [0.29, 0.717) is 29.2 Å². The van der Waals surface area contributed by atoms with Gasteiger partial charge in [-0.1, -0.05) is 45.0 Å². The summed E-state index contributed by atoms with van der Waals surface area (Å²) >= 11 is 0. The molecule has 3 aromatic carbocycles. The van der Waals surface area contributed by atoms with Crippen molar-refractivity contribution in [2.45, 2.75) is 58.6 Å². The molecule has 3 aromatic rings. The molecule has 0 bridgehead atoms. The maximum Gasteiger partial charge on any atom is 0.300 e. The van der Waals surface area contributed by atoms with E-state index in [4.69, 9.17) is 9.47 Å². The van der Waals surface area contributed by atoms with Gasteiger partial charge in [-0.15, -0.1) is 0 Å². The monoisotopic (exact) mass is 511 g/mol. The molecule has 0 radical (unpaired) electrons. The van der Waals surface area contributed by atoms with E-state index in [-0.39, 0.29) is 22.9 Å². The molecular formula is C32H33NO5. The normalized spacial score (nSPS) is 18.6. The second-order valence-corrected chi connectivity index (χ2v) is 11.1. The van der Waals surface area contributed by atoms with Crippen molar-refractivity contribution >= 4 is 23.1 Å². The molecule has 2 aliphatic rings. The Labute approximate surface area is 223 Å². The van der Waals surface area contributed by atoms with Gasteiger partial charge in [0.05, 0.1) is 24.3 Å². The number of aliphatic hydroxyl groups is 1. The number of hydrogen-bond donors (Lipinski definition) is 1. The molecule has 2 aliphatic heterocycles. The van der Waals surface area contributed by atoms with Gasteiger partial charge in [-0.3, -0.25) is 14.5 Å². The van der Waals surface area contributed by atoms with Crippen LogP contribution in [0.5, 0.6) is 11.5 Å². The van der Waals surface area contributed by atoms with Gasteiger partial charge >= 0.3 is 0 Å². The van der Waals surface area contributed by atoms with Crippen molar-refractivity contribution in [3.8, 4) is 11.5 Å². The molecule has 196 valence electrons. The number of fused-ring (bicyclic) bond motifs is 1. The third-order valence-electron chi connectivity index (χ3n) is 6.99. The first-order valence-corrected chi connectivity index (χ1v) is 13.0. The van der Waals surface area contributed by atoms with Gasteiger partial charge in [0, 0.05) is 17.7 Å². The van der Waals surface area contributed by atoms with Crippen LogP contribution in [0, 0.1) is 0 Å². The topological polar surface area (TPSA) is 76.1 Å². The number of aliphatic hydroxyl groups excluding tert-OH is 1. The first kappa shape index (κ1) is 25.6. The van der Waals surface area contributed by atoms with Crippen molar-refractivity contribution in [3.63, 3.8) is 0 Å². The highest BCUT2D eigenvalue weighted by Crippen LogP contribution is 2.43. The Morgan fingerprint density at radius 3 is 2.32 bits per heavy atom. The van der Waals surface area contributed by atoms with Gasteiger partial charge in [-0.05, 0) is 78.4 Å². The van der Waals surface area contributed by atoms with Crippen LogP contribution in [0.2, 0.25) is 0 Å². The van der Waals surface area contributed by atoms with Gasteiger partial charge in [-0.25, -0.2) is 0 Å². The molecule has 1 amide bonds. The number of ketones is 1. The minimum Gasteiger partial charge on any atom is -0.507 e. The lowest BCUT2D eigenvalue weighted by Crippen LogP contribution is -2.29. The van der Waals surface area contributed by atoms with Crippen molar-refractivity contribution in [2.75, 3.05) is 11.5 Å². The molecule has 1 unspecified atom stereocenters. The number of benzene rings is 3. The van der Waals surface area contributed by atoms with Gasteiger partial charge in [0.1, 0.15) is 17.3 Å².